The summed E-state index contributed by atoms with van der Waals surface area (Å²) in [5.74, 6) is 0.865. The summed E-state index contributed by atoms with van der Waals surface area (Å²) >= 11 is 0. The zero-order valence-electron chi connectivity index (χ0n) is 16.5. The molecule has 2 aliphatic rings. The lowest BCUT2D eigenvalue weighted by atomic mass is 10.0. The normalized spacial score (nSPS) is 16.4. The molecule has 0 aromatic heterocycles. The number of carbonyl (C=O) groups excluding carboxylic acids is 1. The molecule has 0 bridgehead atoms. The lowest BCUT2D eigenvalue weighted by Crippen LogP contribution is -2.49. The average Bonchev–Trinajstić information content (AvgIpc) is 3.13. The summed E-state index contributed by atoms with van der Waals surface area (Å²) in [6, 6.07) is 25.1. The van der Waals surface area contributed by atoms with E-state index in [0.29, 0.717) is 0 Å². The summed E-state index contributed by atoms with van der Waals surface area (Å²) in [5, 5.41) is 0. The molecule has 1 amide bonds. The summed E-state index contributed by atoms with van der Waals surface area (Å²) in [5.41, 5.74) is 6.15. The van der Waals surface area contributed by atoms with Gasteiger partial charge in [-0.3, -0.25) is 9.69 Å². The monoisotopic (exact) mass is 384 g/mol. The molecule has 1 heterocycles. The predicted molar refractivity (Wildman–Crippen MR) is 114 cm³/mol. The van der Waals surface area contributed by atoms with Gasteiger partial charge in [-0.1, -0.05) is 48.5 Å². The second-order valence-electron chi connectivity index (χ2n) is 7.63. The maximum absolute atomic E-state index is 12.9. The minimum Gasteiger partial charge on any atom is -0.497 e. The van der Waals surface area contributed by atoms with Gasteiger partial charge in [-0.05, 0) is 46.5 Å². The smallest absolute Gasteiger partial charge is 0.253 e. The van der Waals surface area contributed by atoms with E-state index in [2.05, 4.69) is 53.4 Å². The first-order valence-electron chi connectivity index (χ1n) is 10.1. The van der Waals surface area contributed by atoms with Crippen molar-refractivity contribution < 1.29 is 9.53 Å². The molecule has 1 aliphatic heterocycles. The second-order valence-corrected chi connectivity index (χ2v) is 7.63. The van der Waals surface area contributed by atoms with Gasteiger partial charge in [-0.15, -0.1) is 0 Å². The molecular weight excluding hydrogens is 360 g/mol. The van der Waals surface area contributed by atoms with E-state index in [9.17, 15) is 4.79 Å². The number of hydrogen-bond acceptors (Lipinski definition) is 3. The van der Waals surface area contributed by atoms with Crippen LogP contribution in [0, 0.1) is 0 Å². The molecule has 1 aliphatic carbocycles. The van der Waals surface area contributed by atoms with Crippen LogP contribution in [0.1, 0.15) is 27.5 Å². The van der Waals surface area contributed by atoms with Crippen molar-refractivity contribution in [1.82, 2.24) is 9.80 Å². The molecule has 0 radical (unpaired) electrons. The molecule has 146 valence electrons. The van der Waals surface area contributed by atoms with Gasteiger partial charge in [0.2, 0.25) is 0 Å². The molecular formula is C25H24N2O2. The Kier molecular flexibility index (Phi) is 4.57. The summed E-state index contributed by atoms with van der Waals surface area (Å²) < 4.78 is 5.19. The van der Waals surface area contributed by atoms with Gasteiger partial charge in [0.1, 0.15) is 5.75 Å². The molecule has 0 saturated carbocycles. The van der Waals surface area contributed by atoms with Crippen LogP contribution in [-0.2, 0) is 0 Å². The zero-order chi connectivity index (χ0) is 19.8. The minimum atomic E-state index is 0.0968. The SMILES string of the molecule is COc1ccc(C(=O)N2CCN(C3c4ccccc4-c4ccccc43)CC2)cc1. The summed E-state index contributed by atoms with van der Waals surface area (Å²) in [4.78, 5) is 17.4. The Hall–Kier alpha value is -3.11. The van der Waals surface area contributed by atoms with Crippen LogP contribution in [0.25, 0.3) is 11.1 Å². The molecule has 4 nitrogen and oxygen atoms in total. The van der Waals surface area contributed by atoms with Gasteiger partial charge in [0.25, 0.3) is 5.91 Å². The second kappa shape index (κ2) is 7.37. The Balaban J connectivity index is 1.34. The Labute approximate surface area is 171 Å². The van der Waals surface area contributed by atoms with Crippen molar-refractivity contribution in [1.29, 1.82) is 0 Å². The van der Waals surface area contributed by atoms with Crippen molar-refractivity contribution >= 4 is 5.91 Å². The van der Waals surface area contributed by atoms with Crippen molar-refractivity contribution in [2.75, 3.05) is 33.3 Å². The number of carbonyl (C=O) groups is 1. The lowest BCUT2D eigenvalue weighted by molar-refractivity contribution is 0.0600. The van der Waals surface area contributed by atoms with Crippen molar-refractivity contribution in [3.05, 3.63) is 89.5 Å². The number of methoxy groups -OCH3 is 1. The van der Waals surface area contributed by atoms with Gasteiger partial charge in [0.15, 0.2) is 0 Å². The van der Waals surface area contributed by atoms with Crippen molar-refractivity contribution in [3.8, 4) is 16.9 Å². The van der Waals surface area contributed by atoms with Gasteiger partial charge in [-0.25, -0.2) is 0 Å². The summed E-state index contributed by atoms with van der Waals surface area (Å²) in [6.07, 6.45) is 0. The Morgan fingerprint density at radius 1 is 0.793 bits per heavy atom. The van der Waals surface area contributed by atoms with Crippen LogP contribution in [0.3, 0.4) is 0 Å². The molecule has 3 aromatic carbocycles. The molecule has 3 aromatic rings. The molecule has 0 spiro atoms. The van der Waals surface area contributed by atoms with E-state index in [0.717, 1.165) is 37.5 Å². The quantitative estimate of drug-likeness (QED) is 0.678. The van der Waals surface area contributed by atoms with Gasteiger partial charge >= 0.3 is 0 Å². The number of fused-ring (bicyclic) bond motifs is 3. The number of nitrogens with zero attached hydrogens (tertiary/aromatic N) is 2. The van der Waals surface area contributed by atoms with Crippen molar-refractivity contribution in [2.24, 2.45) is 0 Å². The van der Waals surface area contributed by atoms with Crippen LogP contribution in [0.5, 0.6) is 5.75 Å². The largest absolute Gasteiger partial charge is 0.497 e. The highest BCUT2D eigenvalue weighted by atomic mass is 16.5. The number of rotatable bonds is 3. The summed E-state index contributed by atoms with van der Waals surface area (Å²) in [7, 11) is 1.63. The molecule has 0 atom stereocenters. The highest BCUT2D eigenvalue weighted by Gasteiger charge is 2.34. The average molecular weight is 384 g/mol. The maximum atomic E-state index is 12.9. The van der Waals surface area contributed by atoms with Gasteiger partial charge in [0, 0.05) is 31.7 Å². The Morgan fingerprint density at radius 3 is 1.90 bits per heavy atom. The van der Waals surface area contributed by atoms with E-state index >= 15 is 0 Å². The standard InChI is InChI=1S/C25H24N2O2/c1-29-19-12-10-18(11-13-19)25(28)27-16-14-26(15-17-27)24-22-8-4-2-6-20(22)21-7-3-5-9-23(21)24/h2-13,24H,14-17H2,1H3. The van der Waals surface area contributed by atoms with E-state index in [1.807, 2.05) is 29.2 Å². The first-order valence-corrected chi connectivity index (χ1v) is 10.1. The fourth-order valence-corrected chi connectivity index (χ4v) is 4.62. The van der Waals surface area contributed by atoms with E-state index in [4.69, 9.17) is 4.74 Å². The van der Waals surface area contributed by atoms with Crippen LogP contribution in [0.15, 0.2) is 72.8 Å². The molecule has 1 saturated heterocycles. The zero-order valence-corrected chi connectivity index (χ0v) is 16.5. The molecule has 29 heavy (non-hydrogen) atoms. The highest BCUT2D eigenvalue weighted by Crippen LogP contribution is 2.46. The van der Waals surface area contributed by atoms with Gasteiger partial charge in [-0.2, -0.15) is 0 Å². The highest BCUT2D eigenvalue weighted by molar-refractivity contribution is 5.94. The van der Waals surface area contributed by atoms with Gasteiger partial charge < -0.3 is 9.64 Å². The van der Waals surface area contributed by atoms with Crippen LogP contribution in [0.4, 0.5) is 0 Å². The van der Waals surface area contributed by atoms with E-state index in [1.165, 1.54) is 22.3 Å². The van der Waals surface area contributed by atoms with E-state index in [1.54, 1.807) is 7.11 Å². The Bertz CT molecular complexity index is 991. The van der Waals surface area contributed by atoms with Crippen LogP contribution in [0.2, 0.25) is 0 Å². The van der Waals surface area contributed by atoms with Gasteiger partial charge in [0.05, 0.1) is 13.2 Å². The molecule has 5 rings (SSSR count). The third kappa shape index (κ3) is 3.10. The van der Waals surface area contributed by atoms with Crippen LogP contribution in [-0.4, -0.2) is 49.0 Å². The van der Waals surface area contributed by atoms with Crippen molar-refractivity contribution in [3.63, 3.8) is 0 Å². The molecule has 0 N–H and O–H groups in total. The third-order valence-electron chi connectivity index (χ3n) is 6.10. The van der Waals surface area contributed by atoms with Crippen LogP contribution >= 0.6 is 0 Å². The van der Waals surface area contributed by atoms with E-state index < -0.39 is 0 Å². The fourth-order valence-electron chi connectivity index (χ4n) is 4.62. The number of hydrogen-bond donors (Lipinski definition) is 0. The van der Waals surface area contributed by atoms with E-state index in [-0.39, 0.29) is 11.9 Å². The third-order valence-corrected chi connectivity index (χ3v) is 6.10. The topological polar surface area (TPSA) is 32.8 Å². The predicted octanol–water partition coefficient (Wildman–Crippen LogP) is 4.22. The maximum Gasteiger partial charge on any atom is 0.253 e. The first-order chi connectivity index (χ1) is 14.3. The van der Waals surface area contributed by atoms with Crippen molar-refractivity contribution in [2.45, 2.75) is 6.04 Å². The summed E-state index contributed by atoms with van der Waals surface area (Å²) in [6.45, 7) is 3.22. The lowest BCUT2D eigenvalue weighted by Gasteiger charge is -2.38. The Morgan fingerprint density at radius 2 is 1.34 bits per heavy atom. The molecule has 0 unspecified atom stereocenters. The molecule has 1 fully saturated rings. The first kappa shape index (κ1) is 18.0. The fraction of sp³-hybridized carbons (Fsp3) is 0.240. The number of benzene rings is 3. The molecule has 4 heteroatoms. The number of piperazine rings is 1. The number of amides is 1. The number of ether oxygens (including phenoxy) is 1. The minimum absolute atomic E-state index is 0.0968. The van der Waals surface area contributed by atoms with Crippen LogP contribution < -0.4 is 4.74 Å².